The molecule has 0 saturated carbocycles. The van der Waals surface area contributed by atoms with Crippen molar-refractivity contribution in [2.45, 2.75) is 12.8 Å². The van der Waals surface area contributed by atoms with E-state index in [1.54, 1.807) is 35.2 Å². The molecule has 2 aromatic carbocycles. The van der Waals surface area contributed by atoms with Gasteiger partial charge in [0.25, 0.3) is 0 Å². The number of carbonyl (C=O) groups excluding carboxylic acids is 2. The molecule has 0 bridgehead atoms. The van der Waals surface area contributed by atoms with Gasteiger partial charge >= 0.3 is 0 Å². The van der Waals surface area contributed by atoms with Crippen molar-refractivity contribution in [2.75, 3.05) is 51.3 Å². The molecule has 0 aliphatic carbocycles. The number of hydrogen-bond donors (Lipinski definition) is 1. The fourth-order valence-electron chi connectivity index (χ4n) is 3.84. The SMILES string of the molecule is COc1cc(N2CC(C(=O)Nc3ccc4c(c3)OCCCO4)CC2=O)cc(OC)c1OC. The zero-order chi connectivity index (χ0) is 22.7. The molecule has 4 rings (SSSR count). The Morgan fingerprint density at radius 3 is 2.34 bits per heavy atom. The number of amides is 2. The van der Waals surface area contributed by atoms with E-state index in [1.165, 1.54) is 21.3 Å². The third-order valence-electron chi connectivity index (χ3n) is 5.47. The Hall–Kier alpha value is -3.62. The van der Waals surface area contributed by atoms with Crippen molar-refractivity contribution >= 4 is 23.2 Å². The lowest BCUT2D eigenvalue weighted by Gasteiger charge is -2.20. The number of nitrogens with one attached hydrogen (secondary N) is 1. The quantitative estimate of drug-likeness (QED) is 0.735. The van der Waals surface area contributed by atoms with Gasteiger partial charge in [-0.05, 0) is 12.1 Å². The Bertz CT molecular complexity index is 998. The highest BCUT2D eigenvalue weighted by Gasteiger charge is 2.36. The molecule has 1 N–H and O–H groups in total. The molecular weight excluding hydrogens is 416 g/mol. The summed E-state index contributed by atoms with van der Waals surface area (Å²) in [5, 5.41) is 2.89. The van der Waals surface area contributed by atoms with Gasteiger partial charge in [-0.3, -0.25) is 9.59 Å². The highest BCUT2D eigenvalue weighted by atomic mass is 16.5. The van der Waals surface area contributed by atoms with E-state index in [0.717, 1.165) is 6.42 Å². The number of nitrogens with zero attached hydrogens (tertiary/aromatic N) is 1. The summed E-state index contributed by atoms with van der Waals surface area (Å²) in [7, 11) is 4.54. The van der Waals surface area contributed by atoms with Crippen LogP contribution in [0, 0.1) is 5.92 Å². The van der Waals surface area contributed by atoms with E-state index >= 15 is 0 Å². The van der Waals surface area contributed by atoms with Crippen molar-refractivity contribution in [3.05, 3.63) is 30.3 Å². The molecule has 2 aliphatic rings. The van der Waals surface area contributed by atoms with Gasteiger partial charge in [-0.1, -0.05) is 0 Å². The van der Waals surface area contributed by atoms with Crippen LogP contribution < -0.4 is 33.9 Å². The van der Waals surface area contributed by atoms with Crippen molar-refractivity contribution in [1.29, 1.82) is 0 Å². The summed E-state index contributed by atoms with van der Waals surface area (Å²) >= 11 is 0. The van der Waals surface area contributed by atoms with Crippen LogP contribution in [0.25, 0.3) is 0 Å². The normalized spacial score (nSPS) is 17.5. The maximum absolute atomic E-state index is 12.9. The molecule has 1 fully saturated rings. The zero-order valence-electron chi connectivity index (χ0n) is 18.3. The van der Waals surface area contributed by atoms with Gasteiger partial charge in [-0.15, -0.1) is 0 Å². The first kappa shape index (κ1) is 21.6. The van der Waals surface area contributed by atoms with E-state index in [9.17, 15) is 9.59 Å². The van der Waals surface area contributed by atoms with E-state index in [1.807, 2.05) is 0 Å². The van der Waals surface area contributed by atoms with Gasteiger partial charge in [0.2, 0.25) is 17.6 Å². The molecule has 1 saturated heterocycles. The van der Waals surface area contributed by atoms with Gasteiger partial charge in [0.05, 0.1) is 46.1 Å². The number of carbonyl (C=O) groups is 2. The van der Waals surface area contributed by atoms with Gasteiger partial charge in [0.1, 0.15) is 0 Å². The lowest BCUT2D eigenvalue weighted by molar-refractivity contribution is -0.122. The van der Waals surface area contributed by atoms with Crippen LogP contribution in [0.2, 0.25) is 0 Å². The number of benzene rings is 2. The molecule has 1 unspecified atom stereocenters. The van der Waals surface area contributed by atoms with Gasteiger partial charge in [-0.25, -0.2) is 0 Å². The number of fused-ring (bicyclic) bond motifs is 1. The molecule has 0 radical (unpaired) electrons. The Morgan fingerprint density at radius 2 is 1.69 bits per heavy atom. The molecule has 9 nitrogen and oxygen atoms in total. The van der Waals surface area contributed by atoms with E-state index in [0.29, 0.717) is 53.3 Å². The molecule has 0 spiro atoms. The van der Waals surface area contributed by atoms with E-state index in [-0.39, 0.29) is 24.8 Å². The van der Waals surface area contributed by atoms with Gasteiger partial charge in [0.15, 0.2) is 23.0 Å². The van der Waals surface area contributed by atoms with Gasteiger partial charge < -0.3 is 33.9 Å². The third kappa shape index (κ3) is 4.23. The van der Waals surface area contributed by atoms with Crippen LogP contribution in [0.5, 0.6) is 28.7 Å². The Kier molecular flexibility index (Phi) is 6.25. The minimum Gasteiger partial charge on any atom is -0.493 e. The molecule has 2 aromatic rings. The van der Waals surface area contributed by atoms with Crippen LogP contribution in [-0.4, -0.2) is 52.9 Å². The topological polar surface area (TPSA) is 95.6 Å². The monoisotopic (exact) mass is 442 g/mol. The summed E-state index contributed by atoms with van der Waals surface area (Å²) in [6.07, 6.45) is 0.907. The average Bonchev–Trinajstić information content (AvgIpc) is 3.05. The Morgan fingerprint density at radius 1 is 1.00 bits per heavy atom. The number of rotatable bonds is 6. The molecule has 170 valence electrons. The van der Waals surface area contributed by atoms with Gasteiger partial charge in [0, 0.05) is 43.3 Å². The Labute approximate surface area is 186 Å². The number of hydrogen-bond acceptors (Lipinski definition) is 7. The van der Waals surface area contributed by atoms with Crippen molar-refractivity contribution in [1.82, 2.24) is 0 Å². The second-order valence-electron chi connectivity index (χ2n) is 7.49. The molecular formula is C23H26N2O7. The smallest absolute Gasteiger partial charge is 0.229 e. The minimum atomic E-state index is -0.502. The maximum Gasteiger partial charge on any atom is 0.229 e. The molecule has 9 heteroatoms. The molecule has 2 amide bonds. The van der Waals surface area contributed by atoms with E-state index < -0.39 is 5.92 Å². The highest BCUT2D eigenvalue weighted by molar-refractivity contribution is 6.03. The molecule has 0 aromatic heterocycles. The van der Waals surface area contributed by atoms with Crippen LogP contribution in [0.1, 0.15) is 12.8 Å². The largest absolute Gasteiger partial charge is 0.493 e. The number of ether oxygens (including phenoxy) is 5. The van der Waals surface area contributed by atoms with Crippen molar-refractivity contribution in [2.24, 2.45) is 5.92 Å². The summed E-state index contributed by atoms with van der Waals surface area (Å²) in [6, 6.07) is 8.68. The first-order valence-corrected chi connectivity index (χ1v) is 10.3. The number of methoxy groups -OCH3 is 3. The fraction of sp³-hybridized carbons (Fsp3) is 0.391. The summed E-state index contributed by atoms with van der Waals surface area (Å²) in [5.74, 6) is 1.68. The lowest BCUT2D eigenvalue weighted by atomic mass is 10.1. The first-order valence-electron chi connectivity index (χ1n) is 10.3. The predicted molar refractivity (Wildman–Crippen MR) is 117 cm³/mol. The summed E-state index contributed by atoms with van der Waals surface area (Å²) in [6.45, 7) is 1.40. The molecule has 2 aliphatic heterocycles. The second kappa shape index (κ2) is 9.25. The predicted octanol–water partition coefficient (Wildman–Crippen LogP) is 2.87. The molecule has 1 atom stereocenters. The maximum atomic E-state index is 12.9. The highest BCUT2D eigenvalue weighted by Crippen LogP contribution is 2.42. The second-order valence-corrected chi connectivity index (χ2v) is 7.49. The molecule has 32 heavy (non-hydrogen) atoms. The van der Waals surface area contributed by atoms with Crippen molar-refractivity contribution in [3.8, 4) is 28.7 Å². The minimum absolute atomic E-state index is 0.104. The standard InChI is InChI=1S/C23H26N2O7/c1-28-19-11-16(12-20(29-2)22(19)30-3)25-13-14(9-21(25)26)23(27)24-15-5-6-17-18(10-15)32-8-4-7-31-17/h5-6,10-12,14H,4,7-9,13H2,1-3H3,(H,24,27). The van der Waals surface area contributed by atoms with E-state index in [4.69, 9.17) is 23.7 Å². The van der Waals surface area contributed by atoms with Crippen LogP contribution in [0.3, 0.4) is 0 Å². The summed E-state index contributed by atoms with van der Waals surface area (Å²) < 4.78 is 27.4. The van der Waals surface area contributed by atoms with Crippen LogP contribution >= 0.6 is 0 Å². The Balaban J connectivity index is 1.49. The van der Waals surface area contributed by atoms with Crippen LogP contribution in [0.4, 0.5) is 11.4 Å². The number of anilines is 2. The van der Waals surface area contributed by atoms with Crippen LogP contribution in [0.15, 0.2) is 30.3 Å². The summed E-state index contributed by atoms with van der Waals surface area (Å²) in [4.78, 5) is 27.2. The third-order valence-corrected chi connectivity index (χ3v) is 5.47. The van der Waals surface area contributed by atoms with Crippen molar-refractivity contribution in [3.63, 3.8) is 0 Å². The first-order chi connectivity index (χ1) is 15.5. The molecule has 2 heterocycles. The summed E-state index contributed by atoms with van der Waals surface area (Å²) in [5.41, 5.74) is 1.17. The van der Waals surface area contributed by atoms with E-state index in [2.05, 4.69) is 5.32 Å². The fourth-order valence-corrected chi connectivity index (χ4v) is 3.84. The average molecular weight is 442 g/mol. The van der Waals surface area contributed by atoms with Crippen LogP contribution in [-0.2, 0) is 9.59 Å². The van der Waals surface area contributed by atoms with Crippen molar-refractivity contribution < 1.29 is 33.3 Å². The zero-order valence-corrected chi connectivity index (χ0v) is 18.3. The lowest BCUT2D eigenvalue weighted by Crippen LogP contribution is -2.28. The van der Waals surface area contributed by atoms with Gasteiger partial charge in [-0.2, -0.15) is 0 Å².